The van der Waals surface area contributed by atoms with Gasteiger partial charge < -0.3 is 9.84 Å². The lowest BCUT2D eigenvalue weighted by atomic mass is 10.1. The zero-order valence-electron chi connectivity index (χ0n) is 8.00. The maximum absolute atomic E-state index is 9.37. The van der Waals surface area contributed by atoms with Crippen LogP contribution >= 0.6 is 0 Å². The second-order valence-electron chi connectivity index (χ2n) is 2.93. The van der Waals surface area contributed by atoms with Crippen molar-refractivity contribution >= 4 is 0 Å². The number of phenolic OH excluding ortho intramolecular Hbond substituents is 1. The van der Waals surface area contributed by atoms with Crippen LogP contribution in [0.4, 0.5) is 0 Å². The van der Waals surface area contributed by atoms with Gasteiger partial charge in [0.25, 0.3) is 0 Å². The van der Waals surface area contributed by atoms with E-state index in [1.54, 1.807) is 18.2 Å². The van der Waals surface area contributed by atoms with E-state index in [1.807, 2.05) is 13.8 Å². The summed E-state index contributed by atoms with van der Waals surface area (Å²) in [5.41, 5.74) is 1.84. The van der Waals surface area contributed by atoms with E-state index in [9.17, 15) is 5.11 Å². The number of rotatable bonds is 3. The van der Waals surface area contributed by atoms with Crippen LogP contribution < -0.4 is 4.74 Å². The van der Waals surface area contributed by atoms with Crippen molar-refractivity contribution in [2.45, 2.75) is 13.8 Å². The van der Waals surface area contributed by atoms with Gasteiger partial charge in [0.2, 0.25) is 0 Å². The molecule has 0 aliphatic carbocycles. The molecule has 1 aromatic rings. The fourth-order valence-corrected chi connectivity index (χ4v) is 1.09. The standard InChI is InChI=1S/C11H14O2/c1-4-7-13-11-6-5-10(12)8(2)9(11)3/h4-6,12H,1,7H2,2-3H3. The molecule has 1 aromatic carbocycles. The second-order valence-corrected chi connectivity index (χ2v) is 2.93. The zero-order valence-corrected chi connectivity index (χ0v) is 8.00. The van der Waals surface area contributed by atoms with Gasteiger partial charge in [-0.1, -0.05) is 12.7 Å². The second kappa shape index (κ2) is 3.99. The minimum atomic E-state index is 0.309. The van der Waals surface area contributed by atoms with Gasteiger partial charge in [0.1, 0.15) is 18.1 Å². The Kier molecular flexibility index (Phi) is 2.96. The van der Waals surface area contributed by atoms with Crippen LogP contribution in [0.5, 0.6) is 11.5 Å². The van der Waals surface area contributed by atoms with Crippen molar-refractivity contribution in [2.75, 3.05) is 6.61 Å². The van der Waals surface area contributed by atoms with Crippen molar-refractivity contribution in [1.82, 2.24) is 0 Å². The van der Waals surface area contributed by atoms with E-state index in [2.05, 4.69) is 6.58 Å². The molecule has 0 saturated carbocycles. The molecule has 0 fully saturated rings. The van der Waals surface area contributed by atoms with Gasteiger partial charge in [-0.15, -0.1) is 0 Å². The Hall–Kier alpha value is -1.44. The van der Waals surface area contributed by atoms with Crippen molar-refractivity contribution in [3.63, 3.8) is 0 Å². The highest BCUT2D eigenvalue weighted by atomic mass is 16.5. The normalized spacial score (nSPS) is 9.69. The van der Waals surface area contributed by atoms with E-state index in [0.29, 0.717) is 12.4 Å². The fraction of sp³-hybridized carbons (Fsp3) is 0.273. The number of benzene rings is 1. The predicted molar refractivity (Wildman–Crippen MR) is 53.3 cm³/mol. The van der Waals surface area contributed by atoms with Gasteiger partial charge in [-0.2, -0.15) is 0 Å². The van der Waals surface area contributed by atoms with E-state index in [4.69, 9.17) is 4.74 Å². The summed E-state index contributed by atoms with van der Waals surface area (Å²) in [5, 5.41) is 9.37. The summed E-state index contributed by atoms with van der Waals surface area (Å²) in [6.07, 6.45) is 1.70. The van der Waals surface area contributed by atoms with Crippen LogP contribution in [0.2, 0.25) is 0 Å². The van der Waals surface area contributed by atoms with Crippen LogP contribution in [-0.4, -0.2) is 11.7 Å². The molecular weight excluding hydrogens is 164 g/mol. The van der Waals surface area contributed by atoms with Crippen LogP contribution in [0.1, 0.15) is 11.1 Å². The summed E-state index contributed by atoms with van der Waals surface area (Å²) in [7, 11) is 0. The molecule has 2 heteroatoms. The summed E-state index contributed by atoms with van der Waals surface area (Å²) in [4.78, 5) is 0. The van der Waals surface area contributed by atoms with Gasteiger partial charge in [-0.25, -0.2) is 0 Å². The zero-order chi connectivity index (χ0) is 9.84. The Labute approximate surface area is 78.5 Å². The monoisotopic (exact) mass is 178 g/mol. The van der Waals surface area contributed by atoms with Crippen molar-refractivity contribution in [1.29, 1.82) is 0 Å². The topological polar surface area (TPSA) is 29.5 Å². The van der Waals surface area contributed by atoms with E-state index < -0.39 is 0 Å². The lowest BCUT2D eigenvalue weighted by molar-refractivity contribution is 0.359. The number of ether oxygens (including phenoxy) is 1. The number of aromatic hydroxyl groups is 1. The highest BCUT2D eigenvalue weighted by Gasteiger charge is 2.05. The smallest absolute Gasteiger partial charge is 0.123 e. The molecule has 1 rings (SSSR count). The molecule has 0 saturated heterocycles. The predicted octanol–water partition coefficient (Wildman–Crippen LogP) is 2.57. The van der Waals surface area contributed by atoms with Gasteiger partial charge in [-0.3, -0.25) is 0 Å². The molecule has 0 aliphatic rings. The SMILES string of the molecule is C=CCOc1ccc(O)c(C)c1C. The Morgan fingerprint density at radius 1 is 1.38 bits per heavy atom. The first kappa shape index (κ1) is 9.65. The molecule has 0 bridgehead atoms. The van der Waals surface area contributed by atoms with Crippen molar-refractivity contribution in [3.8, 4) is 11.5 Å². The van der Waals surface area contributed by atoms with E-state index in [-0.39, 0.29) is 0 Å². The summed E-state index contributed by atoms with van der Waals surface area (Å²) in [6, 6.07) is 3.40. The number of hydrogen-bond acceptors (Lipinski definition) is 2. The Morgan fingerprint density at radius 2 is 2.08 bits per heavy atom. The molecule has 0 unspecified atom stereocenters. The van der Waals surface area contributed by atoms with Crippen molar-refractivity contribution < 1.29 is 9.84 Å². The first-order valence-electron chi connectivity index (χ1n) is 4.19. The third-order valence-corrected chi connectivity index (χ3v) is 2.07. The number of hydrogen-bond donors (Lipinski definition) is 1. The number of phenols is 1. The molecule has 0 amide bonds. The molecule has 70 valence electrons. The maximum atomic E-state index is 9.37. The summed E-state index contributed by atoms with van der Waals surface area (Å²) < 4.78 is 5.39. The van der Waals surface area contributed by atoms with Gasteiger partial charge in [0.05, 0.1) is 0 Å². The quantitative estimate of drug-likeness (QED) is 0.721. The van der Waals surface area contributed by atoms with E-state index >= 15 is 0 Å². The average Bonchev–Trinajstić information content (AvgIpc) is 2.13. The van der Waals surface area contributed by atoms with Gasteiger partial charge >= 0.3 is 0 Å². The summed E-state index contributed by atoms with van der Waals surface area (Å²) in [5.74, 6) is 1.11. The highest BCUT2D eigenvalue weighted by molar-refractivity contribution is 5.46. The van der Waals surface area contributed by atoms with Crippen LogP contribution in [0, 0.1) is 13.8 Å². The Bertz CT molecular complexity index is 316. The van der Waals surface area contributed by atoms with E-state index in [1.165, 1.54) is 0 Å². The van der Waals surface area contributed by atoms with Crippen molar-refractivity contribution in [3.05, 3.63) is 35.9 Å². The fourth-order valence-electron chi connectivity index (χ4n) is 1.09. The van der Waals surface area contributed by atoms with Gasteiger partial charge in [0.15, 0.2) is 0 Å². The molecule has 0 spiro atoms. The van der Waals surface area contributed by atoms with Crippen LogP contribution in [0.25, 0.3) is 0 Å². The minimum absolute atomic E-state index is 0.309. The molecule has 0 aromatic heterocycles. The van der Waals surface area contributed by atoms with Crippen LogP contribution in [-0.2, 0) is 0 Å². The third kappa shape index (κ3) is 2.02. The molecule has 1 N–H and O–H groups in total. The Balaban J connectivity index is 2.96. The van der Waals surface area contributed by atoms with Gasteiger partial charge in [0, 0.05) is 0 Å². The molecule has 0 heterocycles. The Morgan fingerprint density at radius 3 is 2.69 bits per heavy atom. The summed E-state index contributed by atoms with van der Waals surface area (Å²) >= 11 is 0. The highest BCUT2D eigenvalue weighted by Crippen LogP contribution is 2.27. The molecule has 0 radical (unpaired) electrons. The van der Waals surface area contributed by atoms with Crippen molar-refractivity contribution in [2.24, 2.45) is 0 Å². The van der Waals surface area contributed by atoms with Crippen LogP contribution in [0.3, 0.4) is 0 Å². The lowest BCUT2D eigenvalue weighted by Crippen LogP contribution is -1.96. The average molecular weight is 178 g/mol. The third-order valence-electron chi connectivity index (χ3n) is 2.07. The molecular formula is C11H14O2. The maximum Gasteiger partial charge on any atom is 0.123 e. The minimum Gasteiger partial charge on any atom is -0.508 e. The molecule has 13 heavy (non-hydrogen) atoms. The largest absolute Gasteiger partial charge is 0.508 e. The van der Waals surface area contributed by atoms with Crippen LogP contribution in [0.15, 0.2) is 24.8 Å². The first-order valence-corrected chi connectivity index (χ1v) is 4.19. The lowest BCUT2D eigenvalue weighted by Gasteiger charge is -2.10. The summed E-state index contributed by atoms with van der Waals surface area (Å²) in [6.45, 7) is 7.85. The molecule has 0 atom stereocenters. The van der Waals surface area contributed by atoms with Gasteiger partial charge in [-0.05, 0) is 37.1 Å². The molecule has 2 nitrogen and oxygen atoms in total. The molecule has 0 aliphatic heterocycles. The first-order chi connectivity index (χ1) is 6.16. The van der Waals surface area contributed by atoms with E-state index in [0.717, 1.165) is 16.9 Å².